The molecule has 0 radical (unpaired) electrons. The summed E-state index contributed by atoms with van der Waals surface area (Å²) in [5.74, 6) is -2.60. The van der Waals surface area contributed by atoms with Crippen LogP contribution < -0.4 is 5.32 Å². The van der Waals surface area contributed by atoms with Crippen LogP contribution in [0.15, 0.2) is 12.3 Å². The Hall–Kier alpha value is -1.64. The molecule has 1 aliphatic carbocycles. The van der Waals surface area contributed by atoms with Gasteiger partial charge in [0, 0.05) is 69.7 Å². The van der Waals surface area contributed by atoms with Crippen LogP contribution in [0.3, 0.4) is 0 Å². The number of fused-ring (bicyclic) bond motifs is 1. The van der Waals surface area contributed by atoms with Gasteiger partial charge in [0.25, 0.3) is 5.92 Å². The molecule has 3 heterocycles. The van der Waals surface area contributed by atoms with E-state index in [1.54, 1.807) is 7.11 Å². The number of halogens is 2. The number of ether oxygens (including phenoxy) is 2. The molecule has 1 saturated carbocycles. The molecule has 184 valence electrons. The van der Waals surface area contributed by atoms with Crippen molar-refractivity contribution in [1.29, 1.82) is 0 Å². The van der Waals surface area contributed by atoms with E-state index in [1.165, 1.54) is 12.3 Å². The smallest absolute Gasteiger partial charge is 0.272 e. The zero-order valence-electron chi connectivity index (χ0n) is 20.2. The van der Waals surface area contributed by atoms with Gasteiger partial charge in [0.1, 0.15) is 0 Å². The second-order valence-electron chi connectivity index (χ2n) is 10.4. The van der Waals surface area contributed by atoms with Crippen LogP contribution in [0.2, 0.25) is 0 Å². The summed E-state index contributed by atoms with van der Waals surface area (Å²) >= 11 is 0. The first-order chi connectivity index (χ1) is 15.6. The summed E-state index contributed by atoms with van der Waals surface area (Å²) in [5.41, 5.74) is 1.03. The number of nitrogens with zero attached hydrogens (tertiary/aromatic N) is 2. The molecular weight excluding hydrogens is 428 g/mol. The number of alkyl halides is 2. The topological polar surface area (TPSA) is 63.7 Å². The van der Waals surface area contributed by atoms with Gasteiger partial charge in [0.15, 0.2) is 0 Å². The summed E-state index contributed by atoms with van der Waals surface area (Å²) in [6, 6.07) is 2.01. The van der Waals surface area contributed by atoms with E-state index >= 15 is 0 Å². The number of hydrogen-bond acceptors (Lipinski definition) is 5. The maximum atomic E-state index is 13.9. The van der Waals surface area contributed by atoms with Gasteiger partial charge in [-0.3, -0.25) is 9.78 Å². The molecule has 1 saturated heterocycles. The monoisotopic (exact) mass is 465 g/mol. The van der Waals surface area contributed by atoms with E-state index in [4.69, 9.17) is 9.47 Å². The van der Waals surface area contributed by atoms with Gasteiger partial charge in [0.2, 0.25) is 5.91 Å². The second-order valence-corrected chi connectivity index (χ2v) is 10.4. The third-order valence-electron chi connectivity index (χ3n) is 7.97. The average molecular weight is 466 g/mol. The third-order valence-corrected chi connectivity index (χ3v) is 7.97. The lowest BCUT2D eigenvalue weighted by molar-refractivity contribution is -0.146. The number of methoxy groups -OCH3 is 1. The normalized spacial score (nSPS) is 30.5. The Bertz CT molecular complexity index is 860. The van der Waals surface area contributed by atoms with Gasteiger partial charge >= 0.3 is 0 Å². The van der Waals surface area contributed by atoms with Crippen molar-refractivity contribution in [2.45, 2.75) is 83.5 Å². The maximum Gasteiger partial charge on any atom is 0.272 e. The predicted molar refractivity (Wildman–Crippen MR) is 121 cm³/mol. The number of rotatable bonds is 6. The molecule has 1 amide bonds. The third kappa shape index (κ3) is 4.93. The number of pyridine rings is 1. The van der Waals surface area contributed by atoms with E-state index in [9.17, 15) is 13.6 Å². The van der Waals surface area contributed by atoms with Crippen LogP contribution in [0, 0.1) is 11.3 Å². The van der Waals surface area contributed by atoms with Crippen molar-refractivity contribution < 1.29 is 23.0 Å². The van der Waals surface area contributed by atoms with Crippen LogP contribution in [0.5, 0.6) is 0 Å². The van der Waals surface area contributed by atoms with Crippen molar-refractivity contribution in [3.63, 3.8) is 0 Å². The molecule has 0 aromatic carbocycles. The molecule has 1 N–H and O–H groups in total. The summed E-state index contributed by atoms with van der Waals surface area (Å²) < 4.78 is 38.8. The molecule has 4 rings (SSSR count). The maximum absolute atomic E-state index is 13.9. The van der Waals surface area contributed by atoms with Crippen molar-refractivity contribution in [1.82, 2.24) is 15.2 Å². The molecule has 6 nitrogen and oxygen atoms in total. The van der Waals surface area contributed by atoms with Crippen LogP contribution in [-0.2, 0) is 33.2 Å². The molecule has 4 atom stereocenters. The van der Waals surface area contributed by atoms with Gasteiger partial charge in [-0.05, 0) is 43.2 Å². The molecule has 1 aromatic heterocycles. The fourth-order valence-electron chi connectivity index (χ4n) is 5.78. The minimum absolute atomic E-state index is 0.0282. The fraction of sp³-hybridized carbons (Fsp3) is 0.760. The number of carbonyl (C=O) groups is 1. The molecular formula is C25H37F2N3O3. The first-order valence-electron chi connectivity index (χ1n) is 12.2. The Morgan fingerprint density at radius 2 is 2.18 bits per heavy atom. The lowest BCUT2D eigenvalue weighted by atomic mass is 9.74. The Balaban J connectivity index is 1.48. The van der Waals surface area contributed by atoms with Crippen LogP contribution in [0.4, 0.5) is 8.78 Å². The first kappa shape index (κ1) is 24.5. The minimum Gasteiger partial charge on any atom is -0.379 e. The van der Waals surface area contributed by atoms with Gasteiger partial charge in [0.05, 0.1) is 18.1 Å². The zero-order valence-corrected chi connectivity index (χ0v) is 20.2. The highest BCUT2D eigenvalue weighted by Crippen LogP contribution is 2.47. The Morgan fingerprint density at radius 3 is 2.88 bits per heavy atom. The van der Waals surface area contributed by atoms with Crippen LogP contribution in [0.1, 0.15) is 63.3 Å². The molecule has 1 aromatic rings. The quantitative estimate of drug-likeness (QED) is 0.695. The predicted octanol–water partition coefficient (Wildman–Crippen LogP) is 3.67. The fourth-order valence-corrected chi connectivity index (χ4v) is 5.78. The molecule has 2 fully saturated rings. The van der Waals surface area contributed by atoms with Crippen molar-refractivity contribution in [2.24, 2.45) is 11.3 Å². The molecule has 3 aliphatic rings. The number of carbonyl (C=O) groups excluding carboxylic acids is 1. The van der Waals surface area contributed by atoms with Crippen LogP contribution in [-0.4, -0.2) is 60.8 Å². The van der Waals surface area contributed by atoms with Crippen molar-refractivity contribution in [2.75, 3.05) is 26.9 Å². The minimum atomic E-state index is -2.94. The van der Waals surface area contributed by atoms with E-state index in [0.717, 1.165) is 50.5 Å². The van der Waals surface area contributed by atoms with E-state index in [1.807, 2.05) is 4.90 Å². The summed E-state index contributed by atoms with van der Waals surface area (Å²) in [7, 11) is 1.72. The summed E-state index contributed by atoms with van der Waals surface area (Å²) in [6.45, 7) is 7.38. The number of hydrogen-bond donors (Lipinski definition) is 1. The molecule has 0 spiro atoms. The summed E-state index contributed by atoms with van der Waals surface area (Å²) in [4.78, 5) is 20.0. The highest BCUT2D eigenvalue weighted by molar-refractivity contribution is 5.83. The number of amides is 1. The van der Waals surface area contributed by atoms with Gasteiger partial charge < -0.3 is 19.7 Å². The van der Waals surface area contributed by atoms with E-state index in [0.29, 0.717) is 26.1 Å². The lowest BCUT2D eigenvalue weighted by Crippen LogP contribution is -2.52. The molecule has 0 bridgehead atoms. The van der Waals surface area contributed by atoms with Gasteiger partial charge in [-0.2, -0.15) is 0 Å². The molecule has 2 aliphatic heterocycles. The molecule has 8 heteroatoms. The number of nitrogens with one attached hydrogen (secondary N) is 1. The van der Waals surface area contributed by atoms with E-state index < -0.39 is 11.3 Å². The second kappa shape index (κ2) is 9.55. The van der Waals surface area contributed by atoms with Crippen LogP contribution >= 0.6 is 0 Å². The Kier molecular flexibility index (Phi) is 7.08. The first-order valence-corrected chi connectivity index (χ1v) is 12.2. The Labute approximate surface area is 195 Å². The van der Waals surface area contributed by atoms with E-state index in [2.05, 4.69) is 24.1 Å². The zero-order chi connectivity index (χ0) is 23.8. The summed E-state index contributed by atoms with van der Waals surface area (Å²) in [5, 5.41) is 3.76. The van der Waals surface area contributed by atoms with Crippen LogP contribution in [0.25, 0.3) is 0 Å². The van der Waals surface area contributed by atoms with Crippen molar-refractivity contribution in [3.8, 4) is 0 Å². The Morgan fingerprint density at radius 1 is 1.39 bits per heavy atom. The molecule has 0 unspecified atom stereocenters. The van der Waals surface area contributed by atoms with Gasteiger partial charge in [-0.15, -0.1) is 0 Å². The largest absolute Gasteiger partial charge is 0.379 e. The highest BCUT2D eigenvalue weighted by Gasteiger charge is 2.50. The summed E-state index contributed by atoms with van der Waals surface area (Å²) in [6.07, 6.45) is 5.35. The average Bonchev–Trinajstić information content (AvgIpc) is 3.23. The number of aromatic nitrogens is 1. The van der Waals surface area contributed by atoms with E-state index in [-0.39, 0.29) is 35.6 Å². The van der Waals surface area contributed by atoms with Gasteiger partial charge in [-0.25, -0.2) is 8.78 Å². The standard InChI is InChI=1S/C25H37F2N3O3/c1-16(2)25(8-5-19(12-25)29-21-7-10-33-15-22(21)32-4)23(31)30-9-6-20-17(14-30)11-18(13-28-20)24(3,26)27/h11,13,16,19,21-22,29H,5-10,12,14-15H2,1-4H3/t19-,21+,22-,25+/m1/s1. The highest BCUT2D eigenvalue weighted by atomic mass is 19.3. The molecule has 33 heavy (non-hydrogen) atoms. The lowest BCUT2D eigenvalue weighted by Gasteiger charge is -2.40. The van der Waals surface area contributed by atoms with Crippen molar-refractivity contribution in [3.05, 3.63) is 29.1 Å². The van der Waals surface area contributed by atoms with Gasteiger partial charge in [-0.1, -0.05) is 13.8 Å². The SMILES string of the molecule is CO[C@@H]1COCC[C@@H]1N[C@@H]1CC[C@@](C(=O)N2CCc3ncc(C(C)(F)F)cc3C2)(C(C)C)C1. The van der Waals surface area contributed by atoms with Crippen molar-refractivity contribution >= 4 is 5.91 Å².